The quantitative estimate of drug-likeness (QED) is 0.622. The number of halogens is 1. The third-order valence-electron chi connectivity index (χ3n) is 3.32. The van der Waals surface area contributed by atoms with Gasteiger partial charge in [-0.2, -0.15) is 0 Å². The third-order valence-corrected chi connectivity index (χ3v) is 5.07. The average molecular weight is 319 g/mol. The molecule has 2 rings (SSSR count). The number of nitrogens with two attached hydrogens (primary N) is 1. The van der Waals surface area contributed by atoms with Crippen molar-refractivity contribution in [2.45, 2.75) is 36.7 Å². The molecule has 1 fully saturated rings. The van der Waals surface area contributed by atoms with E-state index in [-0.39, 0.29) is 23.2 Å². The Bertz CT molecular complexity index is 557. The van der Waals surface area contributed by atoms with E-state index >= 15 is 0 Å². The maximum absolute atomic E-state index is 12.1. The van der Waals surface area contributed by atoms with Crippen LogP contribution in [0.4, 0.5) is 5.69 Å². The molecule has 1 aliphatic rings. The lowest BCUT2D eigenvalue weighted by Gasteiger charge is -2.12. The zero-order chi connectivity index (χ0) is 14.6. The molecule has 112 valence electrons. The summed E-state index contributed by atoms with van der Waals surface area (Å²) in [5, 5.41) is 0.335. The van der Waals surface area contributed by atoms with Crippen molar-refractivity contribution >= 4 is 27.3 Å². The van der Waals surface area contributed by atoms with Crippen LogP contribution in [0.2, 0.25) is 5.02 Å². The molecule has 0 atom stereocenters. The number of nitrogens with one attached hydrogen (secondary N) is 1. The molecule has 0 spiro atoms. The van der Waals surface area contributed by atoms with Gasteiger partial charge in [0.05, 0.1) is 18.4 Å². The Morgan fingerprint density at radius 2 is 2.05 bits per heavy atom. The Morgan fingerprint density at radius 3 is 2.75 bits per heavy atom. The number of rotatable bonds is 6. The molecule has 0 saturated heterocycles. The summed E-state index contributed by atoms with van der Waals surface area (Å²) >= 11 is 5.80. The van der Waals surface area contributed by atoms with Crippen molar-refractivity contribution < 1.29 is 13.2 Å². The molecular formula is C13H19ClN2O3S. The molecular weight excluding hydrogens is 300 g/mol. The second-order valence-corrected chi connectivity index (χ2v) is 7.03. The Hall–Kier alpha value is -0.820. The smallest absolute Gasteiger partial charge is 0.242 e. The van der Waals surface area contributed by atoms with Crippen LogP contribution in [0.15, 0.2) is 23.1 Å². The fourth-order valence-corrected chi connectivity index (χ4v) is 3.68. The van der Waals surface area contributed by atoms with Gasteiger partial charge in [-0.1, -0.05) is 24.4 Å². The van der Waals surface area contributed by atoms with Crippen LogP contribution < -0.4 is 10.5 Å². The van der Waals surface area contributed by atoms with Crippen molar-refractivity contribution in [1.29, 1.82) is 0 Å². The SMILES string of the molecule is Nc1ccc(Cl)cc1S(=O)(=O)NCCOC1CCCC1. The Morgan fingerprint density at radius 1 is 1.35 bits per heavy atom. The van der Waals surface area contributed by atoms with Crippen molar-refractivity contribution in [3.05, 3.63) is 23.2 Å². The molecule has 20 heavy (non-hydrogen) atoms. The van der Waals surface area contributed by atoms with Gasteiger partial charge in [0.1, 0.15) is 4.90 Å². The topological polar surface area (TPSA) is 81.4 Å². The van der Waals surface area contributed by atoms with Gasteiger partial charge in [-0.15, -0.1) is 0 Å². The maximum atomic E-state index is 12.1. The van der Waals surface area contributed by atoms with Gasteiger partial charge in [0.2, 0.25) is 10.0 Å². The summed E-state index contributed by atoms with van der Waals surface area (Å²) in [6.45, 7) is 0.592. The summed E-state index contributed by atoms with van der Waals surface area (Å²) in [6.07, 6.45) is 4.78. The molecule has 0 unspecified atom stereocenters. The van der Waals surface area contributed by atoms with Crippen LogP contribution in [0.5, 0.6) is 0 Å². The molecule has 1 saturated carbocycles. The lowest BCUT2D eigenvalue weighted by atomic mass is 10.3. The predicted octanol–water partition coefficient (Wildman–Crippen LogP) is 2.16. The minimum Gasteiger partial charge on any atom is -0.398 e. The lowest BCUT2D eigenvalue weighted by Crippen LogP contribution is -2.29. The van der Waals surface area contributed by atoms with Crippen molar-refractivity contribution in [2.24, 2.45) is 0 Å². The first-order valence-corrected chi connectivity index (χ1v) is 8.51. The molecule has 3 N–H and O–H groups in total. The number of anilines is 1. The minimum atomic E-state index is -3.65. The van der Waals surface area contributed by atoms with Gasteiger partial charge >= 0.3 is 0 Å². The summed E-state index contributed by atoms with van der Waals surface area (Å²) in [4.78, 5) is 0.00543. The Kier molecular flexibility index (Phi) is 5.26. The van der Waals surface area contributed by atoms with E-state index in [0.717, 1.165) is 12.8 Å². The maximum Gasteiger partial charge on any atom is 0.242 e. The van der Waals surface area contributed by atoms with Crippen LogP contribution in [0.25, 0.3) is 0 Å². The molecule has 1 aromatic carbocycles. The van der Waals surface area contributed by atoms with Crippen molar-refractivity contribution in [3.8, 4) is 0 Å². The number of nitrogen functional groups attached to an aromatic ring is 1. The predicted molar refractivity (Wildman–Crippen MR) is 79.3 cm³/mol. The second kappa shape index (κ2) is 6.76. The average Bonchev–Trinajstić information content (AvgIpc) is 2.90. The van der Waals surface area contributed by atoms with Gasteiger partial charge in [-0.05, 0) is 31.0 Å². The fourth-order valence-electron chi connectivity index (χ4n) is 2.28. The summed E-state index contributed by atoms with van der Waals surface area (Å²) in [5.74, 6) is 0. The number of sulfonamides is 1. The standard InChI is InChI=1S/C13H19ClN2O3S/c14-10-5-6-12(15)13(9-10)20(17,18)16-7-8-19-11-3-1-2-4-11/h5-6,9,11,16H,1-4,7-8,15H2. The molecule has 7 heteroatoms. The summed E-state index contributed by atoms with van der Waals surface area (Å²) in [6, 6.07) is 4.38. The first-order valence-electron chi connectivity index (χ1n) is 6.65. The first-order chi connectivity index (χ1) is 9.49. The molecule has 0 aliphatic heterocycles. The fraction of sp³-hybridized carbons (Fsp3) is 0.538. The van der Waals surface area contributed by atoms with Gasteiger partial charge in [0, 0.05) is 11.6 Å². The number of benzene rings is 1. The van der Waals surface area contributed by atoms with E-state index < -0.39 is 10.0 Å². The summed E-state index contributed by atoms with van der Waals surface area (Å²) in [5.41, 5.74) is 5.85. The molecule has 1 aromatic rings. The highest BCUT2D eigenvalue weighted by Gasteiger charge is 2.18. The second-order valence-electron chi connectivity index (χ2n) is 4.86. The summed E-state index contributed by atoms with van der Waals surface area (Å²) < 4.78 is 32.3. The normalized spacial score (nSPS) is 16.6. The molecule has 0 amide bonds. The van der Waals surface area contributed by atoms with Crippen LogP contribution >= 0.6 is 11.6 Å². The highest BCUT2D eigenvalue weighted by molar-refractivity contribution is 7.89. The van der Waals surface area contributed by atoms with Crippen LogP contribution in [-0.2, 0) is 14.8 Å². The monoisotopic (exact) mass is 318 g/mol. The van der Waals surface area contributed by atoms with Gasteiger partial charge in [-0.3, -0.25) is 0 Å². The van der Waals surface area contributed by atoms with Crippen molar-refractivity contribution in [1.82, 2.24) is 4.72 Å². The Labute approximate surface area is 124 Å². The van der Waals surface area contributed by atoms with Crippen LogP contribution in [-0.4, -0.2) is 27.7 Å². The third kappa shape index (κ3) is 4.09. The number of ether oxygens (including phenoxy) is 1. The van der Waals surface area contributed by atoms with Gasteiger partial charge < -0.3 is 10.5 Å². The largest absolute Gasteiger partial charge is 0.398 e. The minimum absolute atomic E-state index is 0.00543. The van der Waals surface area contributed by atoms with Crippen molar-refractivity contribution in [3.63, 3.8) is 0 Å². The van der Waals surface area contributed by atoms with E-state index in [2.05, 4.69) is 4.72 Å². The van der Waals surface area contributed by atoms with E-state index in [1.807, 2.05) is 0 Å². The number of hydrogen-bond acceptors (Lipinski definition) is 4. The first kappa shape index (κ1) is 15.6. The van der Waals surface area contributed by atoms with E-state index in [0.29, 0.717) is 11.6 Å². The molecule has 0 aromatic heterocycles. The Balaban J connectivity index is 1.88. The molecule has 0 bridgehead atoms. The van der Waals surface area contributed by atoms with Crippen LogP contribution in [0.1, 0.15) is 25.7 Å². The highest BCUT2D eigenvalue weighted by atomic mass is 35.5. The van der Waals surface area contributed by atoms with Crippen molar-refractivity contribution in [2.75, 3.05) is 18.9 Å². The molecule has 0 radical (unpaired) electrons. The summed E-state index contributed by atoms with van der Waals surface area (Å²) in [7, 11) is -3.65. The number of hydrogen-bond donors (Lipinski definition) is 2. The molecule has 5 nitrogen and oxygen atoms in total. The van der Waals surface area contributed by atoms with Gasteiger partial charge in [0.25, 0.3) is 0 Å². The zero-order valence-electron chi connectivity index (χ0n) is 11.1. The van der Waals surface area contributed by atoms with E-state index in [1.54, 1.807) is 6.07 Å². The molecule has 0 heterocycles. The van der Waals surface area contributed by atoms with E-state index in [1.165, 1.54) is 25.0 Å². The highest BCUT2D eigenvalue weighted by Crippen LogP contribution is 2.23. The van der Waals surface area contributed by atoms with E-state index in [4.69, 9.17) is 22.1 Å². The van der Waals surface area contributed by atoms with Gasteiger partial charge in [0.15, 0.2) is 0 Å². The van der Waals surface area contributed by atoms with Crippen LogP contribution in [0, 0.1) is 0 Å². The van der Waals surface area contributed by atoms with E-state index in [9.17, 15) is 8.42 Å². The lowest BCUT2D eigenvalue weighted by molar-refractivity contribution is 0.0626. The zero-order valence-corrected chi connectivity index (χ0v) is 12.7. The van der Waals surface area contributed by atoms with Gasteiger partial charge in [-0.25, -0.2) is 13.1 Å². The molecule has 1 aliphatic carbocycles. The van der Waals surface area contributed by atoms with Crippen LogP contribution in [0.3, 0.4) is 0 Å².